The first kappa shape index (κ1) is 25.7. The van der Waals surface area contributed by atoms with E-state index in [1.54, 1.807) is 48.5 Å². The summed E-state index contributed by atoms with van der Waals surface area (Å²) in [6, 6.07) is 15.8. The van der Waals surface area contributed by atoms with Gasteiger partial charge in [0.1, 0.15) is 6.61 Å². The van der Waals surface area contributed by atoms with E-state index in [2.05, 4.69) is 26.5 Å². The lowest BCUT2D eigenvalue weighted by atomic mass is 10.2. The molecule has 0 aromatic heterocycles. The monoisotopic (exact) mass is 566 g/mol. The van der Waals surface area contributed by atoms with Crippen LogP contribution in [-0.4, -0.2) is 32.9 Å². The number of hydrogen-bond acceptors (Lipinski definition) is 6. The number of ether oxygens (including phenoxy) is 4. The highest BCUT2D eigenvalue weighted by Gasteiger charge is 2.13. The maximum absolute atomic E-state index is 12.1. The molecule has 0 aliphatic carbocycles. The van der Waals surface area contributed by atoms with Gasteiger partial charge in [0, 0.05) is 15.6 Å². The van der Waals surface area contributed by atoms with Gasteiger partial charge in [0.15, 0.2) is 29.6 Å². The van der Waals surface area contributed by atoms with Gasteiger partial charge in [-0.3, -0.25) is 4.79 Å². The van der Waals surface area contributed by atoms with E-state index >= 15 is 0 Å². The molecular formula is C24H21BrCl2N2O5. The number of nitrogens with zero attached hydrogens (tertiary/aromatic N) is 1. The first-order valence-electron chi connectivity index (χ1n) is 9.93. The summed E-state index contributed by atoms with van der Waals surface area (Å²) >= 11 is 15.6. The van der Waals surface area contributed by atoms with Gasteiger partial charge in [0.25, 0.3) is 5.91 Å². The van der Waals surface area contributed by atoms with Crippen molar-refractivity contribution in [1.29, 1.82) is 0 Å². The summed E-state index contributed by atoms with van der Waals surface area (Å²) in [6.07, 6.45) is 1.48. The van der Waals surface area contributed by atoms with Crippen LogP contribution in [0.1, 0.15) is 11.1 Å². The molecule has 0 saturated heterocycles. The Hall–Kier alpha value is -2.94. The van der Waals surface area contributed by atoms with Crippen molar-refractivity contribution in [2.45, 2.75) is 6.61 Å². The van der Waals surface area contributed by atoms with Crippen LogP contribution in [0.4, 0.5) is 0 Å². The molecule has 0 heterocycles. The normalized spacial score (nSPS) is 10.7. The van der Waals surface area contributed by atoms with Gasteiger partial charge < -0.3 is 18.9 Å². The third kappa shape index (κ3) is 7.03. The summed E-state index contributed by atoms with van der Waals surface area (Å²) in [5, 5.41) is 5.03. The second-order valence-corrected chi connectivity index (χ2v) is 8.49. The summed E-state index contributed by atoms with van der Waals surface area (Å²) in [5.74, 6) is 1.56. The Balaban J connectivity index is 1.60. The predicted molar refractivity (Wildman–Crippen MR) is 136 cm³/mol. The van der Waals surface area contributed by atoms with Gasteiger partial charge in [-0.2, -0.15) is 5.10 Å². The van der Waals surface area contributed by atoms with Crippen LogP contribution < -0.4 is 24.4 Å². The van der Waals surface area contributed by atoms with Gasteiger partial charge >= 0.3 is 0 Å². The molecule has 34 heavy (non-hydrogen) atoms. The van der Waals surface area contributed by atoms with E-state index < -0.39 is 5.91 Å². The molecule has 0 fully saturated rings. The van der Waals surface area contributed by atoms with E-state index in [0.29, 0.717) is 43.1 Å². The molecule has 0 spiro atoms. The molecule has 3 aromatic rings. The van der Waals surface area contributed by atoms with Crippen LogP contribution in [0.2, 0.25) is 10.0 Å². The number of hydrazone groups is 1. The van der Waals surface area contributed by atoms with Crippen LogP contribution in [0.15, 0.2) is 64.2 Å². The van der Waals surface area contributed by atoms with Gasteiger partial charge in [0.2, 0.25) is 0 Å². The Kier molecular flexibility index (Phi) is 9.44. The zero-order chi connectivity index (χ0) is 24.5. The summed E-state index contributed by atoms with van der Waals surface area (Å²) < 4.78 is 22.7. The Morgan fingerprint density at radius 1 is 1.00 bits per heavy atom. The minimum absolute atomic E-state index is 0.217. The topological polar surface area (TPSA) is 78.4 Å². The Morgan fingerprint density at radius 2 is 1.74 bits per heavy atom. The third-order valence-electron chi connectivity index (χ3n) is 4.47. The Morgan fingerprint density at radius 3 is 2.44 bits per heavy atom. The highest BCUT2D eigenvalue weighted by Crippen LogP contribution is 2.37. The first-order valence-corrected chi connectivity index (χ1v) is 11.5. The predicted octanol–water partition coefficient (Wildman–Crippen LogP) is 5.88. The van der Waals surface area contributed by atoms with Crippen molar-refractivity contribution in [3.63, 3.8) is 0 Å². The van der Waals surface area contributed by atoms with Gasteiger partial charge in [-0.15, -0.1) is 0 Å². The highest BCUT2D eigenvalue weighted by molar-refractivity contribution is 9.10. The lowest BCUT2D eigenvalue weighted by Crippen LogP contribution is -2.24. The number of methoxy groups -OCH3 is 2. The number of para-hydroxylation sites is 2. The number of amides is 1. The number of hydrogen-bond donors (Lipinski definition) is 1. The third-order valence-corrected chi connectivity index (χ3v) is 5.65. The molecule has 178 valence electrons. The standard InChI is InChI=1S/C24H21BrCl2N2O5/c1-31-20-5-3-4-6-21(20)33-14-23(30)29-28-12-15-9-18(25)24(22(10-15)32-2)34-13-16-7-8-17(26)11-19(16)27/h3-12H,13-14H2,1-2H3,(H,29,30)/b28-12-. The SMILES string of the molecule is COc1ccccc1OCC(=O)N/N=C\c1cc(Br)c(OCc2ccc(Cl)cc2Cl)c(OC)c1. The lowest BCUT2D eigenvalue weighted by Gasteiger charge is -2.14. The van der Waals surface area contributed by atoms with E-state index in [1.165, 1.54) is 20.4 Å². The molecule has 7 nitrogen and oxygen atoms in total. The maximum atomic E-state index is 12.1. The number of rotatable bonds is 10. The Bertz CT molecular complexity index is 1190. The zero-order valence-corrected chi connectivity index (χ0v) is 21.4. The molecule has 1 N–H and O–H groups in total. The largest absolute Gasteiger partial charge is 0.493 e. The van der Waals surface area contributed by atoms with Gasteiger partial charge in [-0.25, -0.2) is 5.43 Å². The number of halogens is 3. The van der Waals surface area contributed by atoms with Crippen molar-refractivity contribution in [3.05, 3.63) is 80.2 Å². The number of benzene rings is 3. The molecule has 0 bridgehead atoms. The highest BCUT2D eigenvalue weighted by atomic mass is 79.9. The molecule has 0 atom stereocenters. The van der Waals surface area contributed by atoms with Crippen molar-refractivity contribution in [3.8, 4) is 23.0 Å². The summed E-state index contributed by atoms with van der Waals surface area (Å²) in [7, 11) is 3.06. The van der Waals surface area contributed by atoms with Gasteiger partial charge in [0.05, 0.1) is 24.9 Å². The van der Waals surface area contributed by atoms with E-state index in [4.69, 9.17) is 42.1 Å². The minimum Gasteiger partial charge on any atom is -0.493 e. The molecule has 0 unspecified atom stereocenters. The van der Waals surface area contributed by atoms with Crippen molar-refractivity contribution < 1.29 is 23.7 Å². The number of carbonyl (C=O) groups excluding carboxylic acids is 1. The molecule has 0 radical (unpaired) electrons. The molecule has 0 saturated carbocycles. The van der Waals surface area contributed by atoms with Crippen molar-refractivity contribution in [2.24, 2.45) is 5.10 Å². The van der Waals surface area contributed by atoms with Crippen molar-refractivity contribution in [2.75, 3.05) is 20.8 Å². The molecule has 1 amide bonds. The summed E-state index contributed by atoms with van der Waals surface area (Å²) in [4.78, 5) is 12.1. The number of nitrogens with one attached hydrogen (secondary N) is 1. The van der Waals surface area contributed by atoms with Crippen LogP contribution >= 0.6 is 39.1 Å². The average molecular weight is 568 g/mol. The minimum atomic E-state index is -0.423. The van der Waals surface area contributed by atoms with Crippen LogP contribution in [0.25, 0.3) is 0 Å². The van der Waals surface area contributed by atoms with E-state index in [-0.39, 0.29) is 13.2 Å². The van der Waals surface area contributed by atoms with Gasteiger partial charge in [-0.05, 0) is 57.9 Å². The van der Waals surface area contributed by atoms with Crippen LogP contribution in [-0.2, 0) is 11.4 Å². The lowest BCUT2D eigenvalue weighted by molar-refractivity contribution is -0.123. The zero-order valence-electron chi connectivity index (χ0n) is 18.3. The fourth-order valence-corrected chi connectivity index (χ4v) is 3.87. The first-order chi connectivity index (χ1) is 16.4. The summed E-state index contributed by atoms with van der Waals surface area (Å²) in [5.41, 5.74) is 3.87. The summed E-state index contributed by atoms with van der Waals surface area (Å²) in [6.45, 7) is 0.00538. The smallest absolute Gasteiger partial charge is 0.277 e. The molecule has 3 rings (SSSR count). The van der Waals surface area contributed by atoms with Crippen molar-refractivity contribution >= 4 is 51.3 Å². The Labute approximate surface area is 215 Å². The second-order valence-electron chi connectivity index (χ2n) is 6.79. The second kappa shape index (κ2) is 12.5. The fourth-order valence-electron chi connectivity index (χ4n) is 2.84. The fraction of sp³-hybridized carbons (Fsp3) is 0.167. The average Bonchev–Trinajstić information content (AvgIpc) is 2.83. The number of carbonyl (C=O) groups is 1. The quantitative estimate of drug-likeness (QED) is 0.244. The van der Waals surface area contributed by atoms with Gasteiger partial charge in [-0.1, -0.05) is 41.4 Å². The molecule has 3 aromatic carbocycles. The molecule has 0 aliphatic heterocycles. The van der Waals surface area contributed by atoms with Crippen molar-refractivity contribution in [1.82, 2.24) is 5.43 Å². The van der Waals surface area contributed by atoms with Crippen LogP contribution in [0, 0.1) is 0 Å². The maximum Gasteiger partial charge on any atom is 0.277 e. The molecular weight excluding hydrogens is 547 g/mol. The van der Waals surface area contributed by atoms with E-state index in [9.17, 15) is 4.79 Å². The van der Waals surface area contributed by atoms with E-state index in [1.807, 2.05) is 6.07 Å². The van der Waals surface area contributed by atoms with Crippen LogP contribution in [0.3, 0.4) is 0 Å². The molecule has 0 aliphatic rings. The van der Waals surface area contributed by atoms with Crippen LogP contribution in [0.5, 0.6) is 23.0 Å². The molecule has 10 heteroatoms. The van der Waals surface area contributed by atoms with E-state index in [0.717, 1.165) is 5.56 Å².